The summed E-state index contributed by atoms with van der Waals surface area (Å²) in [6.45, 7) is 4.39. The molecule has 2 aromatic rings. The molecule has 25 heavy (non-hydrogen) atoms. The van der Waals surface area contributed by atoms with Crippen molar-refractivity contribution < 1.29 is 9.47 Å². The van der Waals surface area contributed by atoms with Crippen LogP contribution >= 0.6 is 0 Å². The molecule has 1 atom stereocenters. The molecular formula is C20H25N3O2. The van der Waals surface area contributed by atoms with Crippen LogP contribution in [0.1, 0.15) is 30.5 Å². The van der Waals surface area contributed by atoms with Crippen LogP contribution in [0.25, 0.3) is 0 Å². The summed E-state index contributed by atoms with van der Waals surface area (Å²) in [7, 11) is 0. The Morgan fingerprint density at radius 1 is 1.16 bits per heavy atom. The van der Waals surface area contributed by atoms with E-state index in [0.29, 0.717) is 13.2 Å². The number of rotatable bonds is 5. The molecule has 4 rings (SSSR count). The van der Waals surface area contributed by atoms with Crippen molar-refractivity contribution in [2.45, 2.75) is 44.1 Å². The average molecular weight is 339 g/mol. The minimum atomic E-state index is 0.0141. The summed E-state index contributed by atoms with van der Waals surface area (Å²) in [6, 6.07) is 10.1. The Morgan fingerprint density at radius 3 is 2.84 bits per heavy atom. The topological polar surface area (TPSA) is 47.5 Å². The summed E-state index contributed by atoms with van der Waals surface area (Å²) in [5, 5.41) is 0. The minimum absolute atomic E-state index is 0.0141. The first-order chi connectivity index (χ1) is 12.3. The lowest BCUT2D eigenvalue weighted by molar-refractivity contribution is -0.0468. The Morgan fingerprint density at radius 2 is 2.08 bits per heavy atom. The van der Waals surface area contributed by atoms with Gasteiger partial charge in [-0.1, -0.05) is 12.1 Å². The van der Waals surface area contributed by atoms with Gasteiger partial charge >= 0.3 is 0 Å². The predicted octanol–water partition coefficient (Wildman–Crippen LogP) is 2.82. The van der Waals surface area contributed by atoms with E-state index in [1.54, 1.807) is 0 Å². The first-order valence-corrected chi connectivity index (χ1v) is 9.08. The van der Waals surface area contributed by atoms with Crippen molar-refractivity contribution in [3.8, 4) is 0 Å². The summed E-state index contributed by atoms with van der Waals surface area (Å²) in [6.07, 6.45) is 8.94. The van der Waals surface area contributed by atoms with Crippen LogP contribution in [-0.2, 0) is 22.6 Å². The lowest BCUT2D eigenvalue weighted by Crippen LogP contribution is -2.43. The summed E-state index contributed by atoms with van der Waals surface area (Å²) < 4.78 is 12.2. The molecule has 0 N–H and O–H groups in total. The van der Waals surface area contributed by atoms with Gasteiger partial charge in [0.15, 0.2) is 0 Å². The molecule has 132 valence electrons. The average Bonchev–Trinajstić information content (AvgIpc) is 3.07. The highest BCUT2D eigenvalue weighted by atomic mass is 16.6. The molecule has 1 unspecified atom stereocenters. The third-order valence-electron chi connectivity index (χ3n) is 5.26. The maximum atomic E-state index is 6.20. The van der Waals surface area contributed by atoms with E-state index in [1.165, 1.54) is 5.56 Å². The largest absolute Gasteiger partial charge is 0.372 e. The summed E-state index contributed by atoms with van der Waals surface area (Å²) in [5.41, 5.74) is 2.28. The molecule has 5 heteroatoms. The second kappa shape index (κ2) is 7.60. The Kier molecular flexibility index (Phi) is 5.06. The van der Waals surface area contributed by atoms with Crippen LogP contribution in [0, 0.1) is 0 Å². The highest BCUT2D eigenvalue weighted by Gasteiger charge is 2.43. The van der Waals surface area contributed by atoms with Gasteiger partial charge in [0, 0.05) is 44.6 Å². The Balaban J connectivity index is 1.24. The lowest BCUT2D eigenvalue weighted by atomic mass is 9.88. The van der Waals surface area contributed by atoms with E-state index in [4.69, 9.17) is 9.47 Å². The molecule has 0 aromatic carbocycles. The molecule has 5 nitrogen and oxygen atoms in total. The number of hydrogen-bond acceptors (Lipinski definition) is 5. The van der Waals surface area contributed by atoms with Crippen LogP contribution < -0.4 is 0 Å². The summed E-state index contributed by atoms with van der Waals surface area (Å²) in [4.78, 5) is 11.0. The Bertz CT molecular complexity index is 657. The van der Waals surface area contributed by atoms with Gasteiger partial charge in [0.1, 0.15) is 0 Å². The van der Waals surface area contributed by atoms with Gasteiger partial charge in [-0.2, -0.15) is 0 Å². The van der Waals surface area contributed by atoms with Crippen LogP contribution in [0.2, 0.25) is 0 Å². The second-order valence-corrected chi connectivity index (χ2v) is 7.09. The normalized spacial score (nSPS) is 23.1. The highest BCUT2D eigenvalue weighted by Crippen LogP contribution is 2.37. The number of piperidine rings is 1. The van der Waals surface area contributed by atoms with Gasteiger partial charge in [0.25, 0.3) is 0 Å². The Hall–Kier alpha value is -1.82. The fraction of sp³-hybridized carbons (Fsp3) is 0.500. The number of pyridine rings is 2. The van der Waals surface area contributed by atoms with E-state index in [0.717, 1.165) is 44.6 Å². The third kappa shape index (κ3) is 4.24. The summed E-state index contributed by atoms with van der Waals surface area (Å²) in [5.74, 6) is 0. The van der Waals surface area contributed by atoms with Crippen LogP contribution in [0.15, 0.2) is 48.9 Å². The second-order valence-electron chi connectivity index (χ2n) is 7.09. The molecule has 0 aliphatic carbocycles. The first kappa shape index (κ1) is 16.6. The van der Waals surface area contributed by atoms with Gasteiger partial charge in [0.2, 0.25) is 0 Å². The molecule has 2 aliphatic rings. The third-order valence-corrected chi connectivity index (χ3v) is 5.26. The zero-order chi connectivity index (χ0) is 17.0. The highest BCUT2D eigenvalue weighted by molar-refractivity contribution is 5.09. The van der Waals surface area contributed by atoms with E-state index in [1.807, 2.05) is 42.9 Å². The van der Waals surface area contributed by atoms with E-state index < -0.39 is 0 Å². The van der Waals surface area contributed by atoms with E-state index >= 15 is 0 Å². The molecular weight excluding hydrogens is 314 g/mol. The number of aromatic nitrogens is 2. The quantitative estimate of drug-likeness (QED) is 0.838. The van der Waals surface area contributed by atoms with Gasteiger partial charge in [-0.3, -0.25) is 14.9 Å². The van der Waals surface area contributed by atoms with Gasteiger partial charge in [-0.25, -0.2) is 0 Å². The SMILES string of the molecule is c1ccc(COC2COC3(CCN(Cc4cccnc4)CC3)C2)nc1. The lowest BCUT2D eigenvalue weighted by Gasteiger charge is -2.38. The van der Waals surface area contributed by atoms with E-state index in [2.05, 4.69) is 20.9 Å². The fourth-order valence-corrected chi connectivity index (χ4v) is 3.81. The molecule has 2 fully saturated rings. The molecule has 4 heterocycles. The minimum Gasteiger partial charge on any atom is -0.372 e. The number of nitrogens with zero attached hydrogens (tertiary/aromatic N) is 3. The van der Waals surface area contributed by atoms with Crippen LogP contribution in [0.3, 0.4) is 0 Å². The van der Waals surface area contributed by atoms with Crippen LogP contribution in [0.5, 0.6) is 0 Å². The predicted molar refractivity (Wildman–Crippen MR) is 94.9 cm³/mol. The van der Waals surface area contributed by atoms with Crippen LogP contribution in [-0.4, -0.2) is 46.3 Å². The molecule has 2 aliphatic heterocycles. The van der Waals surface area contributed by atoms with Crippen molar-refractivity contribution in [1.82, 2.24) is 14.9 Å². The van der Waals surface area contributed by atoms with E-state index in [9.17, 15) is 0 Å². The molecule has 0 bridgehead atoms. The summed E-state index contributed by atoms with van der Waals surface area (Å²) >= 11 is 0. The van der Waals surface area contributed by atoms with Gasteiger partial charge in [-0.05, 0) is 36.6 Å². The van der Waals surface area contributed by atoms with Crippen molar-refractivity contribution in [2.75, 3.05) is 19.7 Å². The van der Waals surface area contributed by atoms with Crippen molar-refractivity contribution in [3.63, 3.8) is 0 Å². The standard InChI is InChI=1S/C20H25N3O2/c1-2-9-22-18(5-1)15-24-19-12-20(25-16-19)6-10-23(11-7-20)14-17-4-3-8-21-13-17/h1-5,8-9,13,19H,6-7,10-12,14-16H2. The number of ether oxygens (including phenoxy) is 2. The van der Waals surface area contributed by atoms with Crippen molar-refractivity contribution >= 4 is 0 Å². The van der Waals surface area contributed by atoms with Crippen LogP contribution in [0.4, 0.5) is 0 Å². The molecule has 0 radical (unpaired) electrons. The van der Waals surface area contributed by atoms with Crippen molar-refractivity contribution in [2.24, 2.45) is 0 Å². The van der Waals surface area contributed by atoms with Gasteiger partial charge in [-0.15, -0.1) is 0 Å². The number of hydrogen-bond donors (Lipinski definition) is 0. The maximum absolute atomic E-state index is 6.20. The fourth-order valence-electron chi connectivity index (χ4n) is 3.81. The smallest absolute Gasteiger partial charge is 0.0892 e. The van der Waals surface area contributed by atoms with Gasteiger partial charge in [0.05, 0.1) is 30.6 Å². The molecule has 2 aromatic heterocycles. The molecule has 0 saturated carbocycles. The zero-order valence-corrected chi connectivity index (χ0v) is 14.5. The van der Waals surface area contributed by atoms with Gasteiger partial charge < -0.3 is 9.47 Å². The molecule has 2 saturated heterocycles. The van der Waals surface area contributed by atoms with E-state index in [-0.39, 0.29) is 11.7 Å². The maximum Gasteiger partial charge on any atom is 0.0892 e. The first-order valence-electron chi connectivity index (χ1n) is 9.08. The number of likely N-dealkylation sites (tertiary alicyclic amines) is 1. The van der Waals surface area contributed by atoms with Crippen molar-refractivity contribution in [1.29, 1.82) is 0 Å². The molecule has 0 amide bonds. The van der Waals surface area contributed by atoms with Crippen molar-refractivity contribution in [3.05, 3.63) is 60.2 Å². The zero-order valence-electron chi connectivity index (χ0n) is 14.5. The molecule has 1 spiro atoms. The monoisotopic (exact) mass is 339 g/mol. The Labute approximate surface area is 149 Å².